The van der Waals surface area contributed by atoms with Crippen molar-refractivity contribution >= 4 is 12.2 Å². The van der Waals surface area contributed by atoms with Crippen LogP contribution < -0.4 is 5.63 Å². The first-order valence-corrected chi connectivity index (χ1v) is 5.50. The van der Waals surface area contributed by atoms with E-state index in [0.717, 1.165) is 6.42 Å². The molecule has 4 nitrogen and oxygen atoms in total. The van der Waals surface area contributed by atoms with Gasteiger partial charge in [0, 0.05) is 17.5 Å². The Morgan fingerprint density at radius 3 is 2.88 bits per heavy atom. The minimum Gasteiger partial charge on any atom is -0.427 e. The fraction of sp³-hybridized carbons (Fsp3) is 0.308. The molecule has 1 aromatic heterocycles. The van der Waals surface area contributed by atoms with E-state index in [1.165, 1.54) is 6.08 Å². The Morgan fingerprint density at radius 2 is 2.24 bits per heavy atom. The predicted molar refractivity (Wildman–Crippen MR) is 64.2 cm³/mol. The molecule has 0 saturated heterocycles. The average molecular weight is 234 g/mol. The van der Waals surface area contributed by atoms with Gasteiger partial charge in [-0.15, -0.1) is 0 Å². The van der Waals surface area contributed by atoms with E-state index in [4.69, 9.17) is 4.42 Å². The molecule has 17 heavy (non-hydrogen) atoms. The second kappa shape index (κ2) is 4.69. The van der Waals surface area contributed by atoms with E-state index in [2.05, 4.69) is 0 Å². The molecule has 0 spiro atoms. The number of allylic oxidation sites excluding steroid dienone is 2. The van der Waals surface area contributed by atoms with Gasteiger partial charge in [0.15, 0.2) is 6.29 Å². The van der Waals surface area contributed by atoms with Gasteiger partial charge in [-0.1, -0.05) is 24.3 Å². The van der Waals surface area contributed by atoms with Gasteiger partial charge in [0.1, 0.15) is 5.76 Å². The molecule has 0 radical (unpaired) electrons. The van der Waals surface area contributed by atoms with Gasteiger partial charge in [0.25, 0.3) is 0 Å². The summed E-state index contributed by atoms with van der Waals surface area (Å²) >= 11 is 0. The lowest BCUT2D eigenvalue weighted by Gasteiger charge is -2.16. The lowest BCUT2D eigenvalue weighted by Crippen LogP contribution is -2.16. The third-order valence-electron chi connectivity index (χ3n) is 2.73. The van der Waals surface area contributed by atoms with Crippen molar-refractivity contribution in [3.05, 3.63) is 45.0 Å². The minimum atomic E-state index is -1.68. The summed E-state index contributed by atoms with van der Waals surface area (Å²) in [6.07, 6.45) is 6.61. The van der Waals surface area contributed by atoms with E-state index in [0.29, 0.717) is 17.7 Å². The number of hydrogen-bond donors (Lipinski definition) is 2. The summed E-state index contributed by atoms with van der Waals surface area (Å²) in [5, 5.41) is 18.8. The molecular formula is C13H14O4. The van der Waals surface area contributed by atoms with Crippen molar-refractivity contribution in [2.24, 2.45) is 0 Å². The van der Waals surface area contributed by atoms with Crippen LogP contribution in [-0.4, -0.2) is 10.2 Å². The smallest absolute Gasteiger partial charge is 0.343 e. The zero-order valence-corrected chi connectivity index (χ0v) is 9.51. The molecule has 1 aromatic rings. The zero-order valence-electron chi connectivity index (χ0n) is 9.51. The lowest BCUT2D eigenvalue weighted by molar-refractivity contribution is -0.0433. The Kier molecular flexibility index (Phi) is 3.26. The van der Waals surface area contributed by atoms with E-state index in [9.17, 15) is 15.0 Å². The van der Waals surface area contributed by atoms with Crippen LogP contribution in [0.5, 0.6) is 0 Å². The molecule has 0 saturated carbocycles. The standard InChI is InChI=1S/C13H14O4/c1-2-5-9-11(12(14)15)8-6-3-4-7-10(8)17-13(9)16/h2-3,5-6,12,14-15H,4,7H2,1H3/b5-2+. The van der Waals surface area contributed by atoms with E-state index < -0.39 is 11.9 Å². The van der Waals surface area contributed by atoms with Crippen molar-refractivity contribution in [1.29, 1.82) is 0 Å². The third kappa shape index (κ3) is 2.09. The number of aryl methyl sites for hydroxylation is 1. The van der Waals surface area contributed by atoms with E-state index in [1.807, 2.05) is 6.08 Å². The first-order valence-electron chi connectivity index (χ1n) is 5.50. The van der Waals surface area contributed by atoms with Crippen LogP contribution in [0.15, 0.2) is 21.4 Å². The van der Waals surface area contributed by atoms with Gasteiger partial charge >= 0.3 is 5.63 Å². The minimum absolute atomic E-state index is 0.202. The highest BCUT2D eigenvalue weighted by Gasteiger charge is 2.21. The summed E-state index contributed by atoms with van der Waals surface area (Å²) in [6.45, 7) is 1.75. The van der Waals surface area contributed by atoms with E-state index in [1.54, 1.807) is 19.1 Å². The Morgan fingerprint density at radius 1 is 1.47 bits per heavy atom. The normalized spacial score (nSPS) is 14.6. The molecule has 0 atom stereocenters. The maximum atomic E-state index is 11.7. The zero-order chi connectivity index (χ0) is 12.4. The Bertz CT molecular complexity index is 535. The summed E-state index contributed by atoms with van der Waals surface area (Å²) < 4.78 is 5.19. The van der Waals surface area contributed by atoms with E-state index in [-0.39, 0.29) is 11.1 Å². The summed E-state index contributed by atoms with van der Waals surface area (Å²) in [4.78, 5) is 11.7. The topological polar surface area (TPSA) is 70.7 Å². The summed E-state index contributed by atoms with van der Waals surface area (Å²) in [6, 6.07) is 0. The Labute approximate surface area is 98.5 Å². The van der Waals surface area contributed by atoms with Crippen LogP contribution >= 0.6 is 0 Å². The van der Waals surface area contributed by atoms with Gasteiger partial charge in [-0.25, -0.2) is 4.79 Å². The largest absolute Gasteiger partial charge is 0.427 e. The van der Waals surface area contributed by atoms with Gasteiger partial charge in [-0.2, -0.15) is 0 Å². The third-order valence-corrected chi connectivity index (χ3v) is 2.73. The monoisotopic (exact) mass is 234 g/mol. The van der Waals surface area contributed by atoms with Crippen LogP contribution in [-0.2, 0) is 6.42 Å². The fourth-order valence-electron chi connectivity index (χ4n) is 2.01. The first kappa shape index (κ1) is 11.8. The molecular weight excluding hydrogens is 220 g/mol. The molecule has 1 aliphatic rings. The molecule has 0 fully saturated rings. The molecule has 0 aromatic carbocycles. The highest BCUT2D eigenvalue weighted by Crippen LogP contribution is 2.28. The molecule has 90 valence electrons. The summed E-state index contributed by atoms with van der Waals surface area (Å²) in [5.41, 5.74) is 0.511. The number of hydrogen-bond acceptors (Lipinski definition) is 4. The molecule has 0 bridgehead atoms. The van der Waals surface area contributed by atoms with Gasteiger partial charge in [-0.3, -0.25) is 0 Å². The van der Waals surface area contributed by atoms with Crippen molar-refractivity contribution < 1.29 is 14.6 Å². The van der Waals surface area contributed by atoms with Crippen LogP contribution in [0.1, 0.15) is 42.1 Å². The second-order valence-electron chi connectivity index (χ2n) is 3.87. The average Bonchev–Trinajstić information content (AvgIpc) is 2.29. The van der Waals surface area contributed by atoms with Crippen LogP contribution in [0.2, 0.25) is 0 Å². The van der Waals surface area contributed by atoms with Crippen molar-refractivity contribution in [2.75, 3.05) is 0 Å². The number of fused-ring (bicyclic) bond motifs is 1. The predicted octanol–water partition coefficient (Wildman–Crippen LogP) is 1.62. The molecule has 2 N–H and O–H groups in total. The Hall–Kier alpha value is -1.65. The lowest BCUT2D eigenvalue weighted by atomic mass is 9.95. The molecule has 1 aliphatic carbocycles. The second-order valence-corrected chi connectivity index (χ2v) is 3.87. The SMILES string of the molecule is C/C=C/c1c(C(O)O)c2c(oc1=O)CCC=C2. The van der Waals surface area contributed by atoms with Crippen LogP contribution in [0.3, 0.4) is 0 Å². The molecule has 0 aliphatic heterocycles. The molecule has 2 rings (SSSR count). The van der Waals surface area contributed by atoms with E-state index >= 15 is 0 Å². The highest BCUT2D eigenvalue weighted by molar-refractivity contribution is 5.65. The number of aliphatic hydroxyl groups is 2. The number of rotatable bonds is 2. The quantitative estimate of drug-likeness (QED) is 0.763. The van der Waals surface area contributed by atoms with Gasteiger partial charge < -0.3 is 14.6 Å². The van der Waals surface area contributed by atoms with Crippen LogP contribution in [0, 0.1) is 0 Å². The highest BCUT2D eigenvalue weighted by atomic mass is 16.5. The maximum absolute atomic E-state index is 11.7. The Balaban J connectivity index is 2.78. The molecule has 0 unspecified atom stereocenters. The van der Waals surface area contributed by atoms with Gasteiger partial charge in [0.2, 0.25) is 0 Å². The molecule has 1 heterocycles. The molecule has 4 heteroatoms. The summed E-state index contributed by atoms with van der Waals surface area (Å²) in [7, 11) is 0. The van der Waals surface area contributed by atoms with Crippen molar-refractivity contribution in [1.82, 2.24) is 0 Å². The summed E-state index contributed by atoms with van der Waals surface area (Å²) in [5.74, 6) is 0.522. The van der Waals surface area contributed by atoms with Crippen LogP contribution in [0.4, 0.5) is 0 Å². The van der Waals surface area contributed by atoms with Gasteiger partial charge in [-0.05, 0) is 13.3 Å². The van der Waals surface area contributed by atoms with Crippen molar-refractivity contribution in [2.45, 2.75) is 26.1 Å². The maximum Gasteiger partial charge on any atom is 0.343 e. The van der Waals surface area contributed by atoms with Crippen molar-refractivity contribution in [3.8, 4) is 0 Å². The van der Waals surface area contributed by atoms with Crippen LogP contribution in [0.25, 0.3) is 12.2 Å². The number of aliphatic hydroxyl groups excluding tert-OH is 1. The molecule has 0 amide bonds. The van der Waals surface area contributed by atoms with Crippen molar-refractivity contribution in [3.63, 3.8) is 0 Å². The fourth-order valence-corrected chi connectivity index (χ4v) is 2.01. The first-order chi connectivity index (χ1) is 8.15. The van der Waals surface area contributed by atoms with Gasteiger partial charge in [0.05, 0.1) is 5.56 Å².